The van der Waals surface area contributed by atoms with Gasteiger partial charge < -0.3 is 4.74 Å². The molecule has 0 saturated heterocycles. The highest BCUT2D eigenvalue weighted by atomic mass is 35.5. The number of hydrogen-bond donors (Lipinski definition) is 0. The summed E-state index contributed by atoms with van der Waals surface area (Å²) < 4.78 is 5.79. The smallest absolute Gasteiger partial charge is 0.119 e. The van der Waals surface area contributed by atoms with E-state index in [9.17, 15) is 0 Å². The Morgan fingerprint density at radius 3 is 2.47 bits per heavy atom. The van der Waals surface area contributed by atoms with Gasteiger partial charge in [-0.1, -0.05) is 17.7 Å². The molecule has 0 spiro atoms. The van der Waals surface area contributed by atoms with Gasteiger partial charge in [0.1, 0.15) is 5.75 Å². The number of hydrogen-bond acceptors (Lipinski definition) is 2. The van der Waals surface area contributed by atoms with Gasteiger partial charge in [-0.2, -0.15) is 5.26 Å². The predicted molar refractivity (Wildman–Crippen MR) is 77.1 cm³/mol. The first kappa shape index (κ1) is 14.0. The summed E-state index contributed by atoms with van der Waals surface area (Å²) >= 11 is 5.61. The van der Waals surface area contributed by atoms with Crippen LogP contribution in [0.2, 0.25) is 0 Å². The number of ether oxygens (including phenoxy) is 1. The number of halogens is 1. The van der Waals surface area contributed by atoms with E-state index in [1.165, 1.54) is 25.7 Å². The zero-order valence-electron chi connectivity index (χ0n) is 10.9. The Balaban J connectivity index is 1.75. The fourth-order valence-electron chi connectivity index (χ4n) is 2.49. The molecule has 1 aliphatic rings. The summed E-state index contributed by atoms with van der Waals surface area (Å²) in [5.74, 6) is 2.13. The van der Waals surface area contributed by atoms with Crippen molar-refractivity contribution in [3.05, 3.63) is 41.4 Å². The number of nitriles is 1. The number of nitrogens with zero attached hydrogens (tertiary/aromatic N) is 1. The van der Waals surface area contributed by atoms with Crippen molar-refractivity contribution in [2.24, 2.45) is 11.8 Å². The standard InChI is InChI=1S/C16H18ClNO/c17-10-9-13-1-3-15(4-2-13)12-19-16-7-5-14(11-18)6-8-16/h5-10,13,15H,1-4,12H2/b10-9+/t13-,15-. The molecule has 3 heteroatoms. The third-order valence-electron chi connectivity index (χ3n) is 3.71. The van der Waals surface area contributed by atoms with Crippen molar-refractivity contribution in [3.8, 4) is 11.8 Å². The van der Waals surface area contributed by atoms with Gasteiger partial charge in [0.15, 0.2) is 0 Å². The fourth-order valence-corrected chi connectivity index (χ4v) is 2.70. The molecule has 0 unspecified atom stereocenters. The Hall–Kier alpha value is -1.46. The minimum absolute atomic E-state index is 0.635. The van der Waals surface area contributed by atoms with E-state index < -0.39 is 0 Å². The maximum absolute atomic E-state index is 8.73. The van der Waals surface area contributed by atoms with E-state index in [-0.39, 0.29) is 0 Å². The lowest BCUT2D eigenvalue weighted by Crippen LogP contribution is -2.19. The second-order valence-corrected chi connectivity index (χ2v) is 5.30. The van der Waals surface area contributed by atoms with Crippen molar-refractivity contribution in [1.29, 1.82) is 5.26 Å². The number of allylic oxidation sites excluding steroid dienone is 1. The van der Waals surface area contributed by atoms with Crippen LogP contribution in [0.5, 0.6) is 5.75 Å². The molecule has 2 nitrogen and oxygen atoms in total. The fraction of sp³-hybridized carbons (Fsp3) is 0.438. The van der Waals surface area contributed by atoms with E-state index in [4.69, 9.17) is 21.6 Å². The topological polar surface area (TPSA) is 33.0 Å². The monoisotopic (exact) mass is 275 g/mol. The average Bonchev–Trinajstić information content (AvgIpc) is 2.47. The van der Waals surface area contributed by atoms with E-state index in [0.29, 0.717) is 17.4 Å². The Kier molecular flexibility index (Phi) is 5.30. The van der Waals surface area contributed by atoms with Crippen LogP contribution in [-0.4, -0.2) is 6.61 Å². The van der Waals surface area contributed by atoms with Gasteiger partial charge in [0.05, 0.1) is 18.2 Å². The van der Waals surface area contributed by atoms with E-state index in [0.717, 1.165) is 12.4 Å². The van der Waals surface area contributed by atoms with Gasteiger partial charge in [0, 0.05) is 5.54 Å². The normalized spacial score (nSPS) is 23.2. The Bertz CT molecular complexity index is 453. The first-order valence-electron chi connectivity index (χ1n) is 6.71. The van der Waals surface area contributed by atoms with Crippen LogP contribution in [0, 0.1) is 23.2 Å². The van der Waals surface area contributed by atoms with Gasteiger partial charge in [0.2, 0.25) is 0 Å². The molecule has 2 rings (SSSR count). The third-order valence-corrected chi connectivity index (χ3v) is 3.85. The van der Waals surface area contributed by atoms with Crippen molar-refractivity contribution in [2.45, 2.75) is 25.7 Å². The first-order chi connectivity index (χ1) is 9.31. The number of benzene rings is 1. The van der Waals surface area contributed by atoms with E-state index in [1.54, 1.807) is 17.7 Å². The van der Waals surface area contributed by atoms with Crippen molar-refractivity contribution >= 4 is 11.6 Å². The molecule has 0 heterocycles. The maximum atomic E-state index is 8.73. The molecule has 1 aromatic rings. The SMILES string of the molecule is N#Cc1ccc(OC[C@H]2CC[C@H](/C=C/Cl)CC2)cc1. The van der Waals surface area contributed by atoms with Gasteiger partial charge in [-0.3, -0.25) is 0 Å². The molecule has 0 amide bonds. The van der Waals surface area contributed by atoms with Crippen LogP contribution in [0.4, 0.5) is 0 Å². The molecular formula is C16H18ClNO. The van der Waals surface area contributed by atoms with Crippen LogP contribution in [0.1, 0.15) is 31.2 Å². The van der Waals surface area contributed by atoms with E-state index >= 15 is 0 Å². The van der Waals surface area contributed by atoms with Crippen LogP contribution in [0.3, 0.4) is 0 Å². The highest BCUT2D eigenvalue weighted by molar-refractivity contribution is 6.25. The van der Waals surface area contributed by atoms with Crippen LogP contribution in [-0.2, 0) is 0 Å². The Labute approximate surface area is 119 Å². The lowest BCUT2D eigenvalue weighted by Gasteiger charge is -2.26. The Morgan fingerprint density at radius 1 is 1.21 bits per heavy atom. The molecule has 1 aliphatic carbocycles. The molecule has 0 aromatic heterocycles. The molecule has 0 atom stereocenters. The quantitative estimate of drug-likeness (QED) is 0.811. The van der Waals surface area contributed by atoms with Crippen molar-refractivity contribution in [1.82, 2.24) is 0 Å². The zero-order valence-corrected chi connectivity index (χ0v) is 11.6. The summed E-state index contributed by atoms with van der Waals surface area (Å²) in [6.45, 7) is 0.767. The average molecular weight is 276 g/mol. The molecule has 1 aromatic carbocycles. The Morgan fingerprint density at radius 2 is 1.89 bits per heavy atom. The third kappa shape index (κ3) is 4.29. The molecule has 1 fully saturated rings. The lowest BCUT2D eigenvalue weighted by atomic mass is 9.82. The first-order valence-corrected chi connectivity index (χ1v) is 7.15. The summed E-state index contributed by atoms with van der Waals surface area (Å²) in [7, 11) is 0. The largest absolute Gasteiger partial charge is 0.493 e. The highest BCUT2D eigenvalue weighted by Crippen LogP contribution is 2.30. The summed E-state index contributed by atoms with van der Waals surface area (Å²) in [5, 5.41) is 8.73. The van der Waals surface area contributed by atoms with Gasteiger partial charge in [-0.15, -0.1) is 0 Å². The summed E-state index contributed by atoms with van der Waals surface area (Å²) in [6.07, 6.45) is 6.89. The molecule has 19 heavy (non-hydrogen) atoms. The number of rotatable bonds is 4. The summed E-state index contributed by atoms with van der Waals surface area (Å²) in [4.78, 5) is 0. The second kappa shape index (κ2) is 7.21. The van der Waals surface area contributed by atoms with Crippen molar-refractivity contribution in [3.63, 3.8) is 0 Å². The van der Waals surface area contributed by atoms with E-state index in [1.807, 2.05) is 12.1 Å². The van der Waals surface area contributed by atoms with Crippen LogP contribution in [0.15, 0.2) is 35.9 Å². The molecule has 0 bridgehead atoms. The molecule has 0 N–H and O–H groups in total. The van der Waals surface area contributed by atoms with Crippen LogP contribution >= 0.6 is 11.6 Å². The molecule has 0 aliphatic heterocycles. The van der Waals surface area contributed by atoms with Crippen LogP contribution in [0.25, 0.3) is 0 Å². The lowest BCUT2D eigenvalue weighted by molar-refractivity contribution is 0.194. The zero-order chi connectivity index (χ0) is 13.5. The maximum Gasteiger partial charge on any atom is 0.119 e. The van der Waals surface area contributed by atoms with E-state index in [2.05, 4.69) is 12.1 Å². The second-order valence-electron chi connectivity index (χ2n) is 5.05. The van der Waals surface area contributed by atoms with Crippen molar-refractivity contribution < 1.29 is 4.74 Å². The van der Waals surface area contributed by atoms with Gasteiger partial charge in [0.25, 0.3) is 0 Å². The summed E-state index contributed by atoms with van der Waals surface area (Å²) in [6, 6.07) is 9.41. The van der Waals surface area contributed by atoms with Gasteiger partial charge >= 0.3 is 0 Å². The molecule has 1 saturated carbocycles. The van der Waals surface area contributed by atoms with Gasteiger partial charge in [-0.05, 0) is 61.8 Å². The minimum atomic E-state index is 0.635. The molecular weight excluding hydrogens is 258 g/mol. The highest BCUT2D eigenvalue weighted by Gasteiger charge is 2.19. The summed E-state index contributed by atoms with van der Waals surface area (Å²) in [5.41, 5.74) is 2.30. The van der Waals surface area contributed by atoms with Crippen molar-refractivity contribution in [2.75, 3.05) is 6.61 Å². The predicted octanol–water partition coefficient (Wildman–Crippen LogP) is 4.50. The minimum Gasteiger partial charge on any atom is -0.493 e. The van der Waals surface area contributed by atoms with Crippen LogP contribution < -0.4 is 4.74 Å². The molecule has 100 valence electrons. The molecule has 0 radical (unpaired) electrons. The van der Waals surface area contributed by atoms with Gasteiger partial charge in [-0.25, -0.2) is 0 Å².